The molecule has 3 N–H and O–H groups in total. The van der Waals surface area contributed by atoms with Crippen molar-refractivity contribution in [2.75, 3.05) is 5.32 Å². The average Bonchev–Trinajstić information content (AvgIpc) is 2.28. The molecular weight excluding hydrogens is 262 g/mol. The maximum absolute atomic E-state index is 12.4. The summed E-state index contributed by atoms with van der Waals surface area (Å²) in [7, 11) is 0. The Kier molecular flexibility index (Phi) is 6.80. The maximum Gasteiger partial charge on any atom is 0.263 e. The third kappa shape index (κ3) is 4.58. The molecule has 1 aromatic rings. The zero-order valence-electron chi connectivity index (χ0n) is 10.2. The molecule has 0 fully saturated rings. The quantitative estimate of drug-likeness (QED) is 0.890. The lowest BCUT2D eigenvalue weighted by atomic mass is 10.0. The Bertz CT molecular complexity index is 399. The number of carbonyl (C=O) groups excluding carboxylic acids is 1. The molecule has 2 atom stereocenters. The molecule has 0 aliphatic rings. The van der Waals surface area contributed by atoms with Crippen LogP contribution in [0.25, 0.3) is 0 Å². The third-order valence-electron chi connectivity index (χ3n) is 2.61. The van der Waals surface area contributed by atoms with Crippen molar-refractivity contribution in [3.05, 3.63) is 29.8 Å². The largest absolute Gasteiger partial charge is 0.327 e. The Hall–Kier alpha value is -1.20. The van der Waals surface area contributed by atoms with Crippen molar-refractivity contribution in [2.24, 2.45) is 11.7 Å². The Morgan fingerprint density at radius 3 is 2.44 bits per heavy atom. The highest BCUT2D eigenvalue weighted by molar-refractivity contribution is 5.92. The molecule has 1 amide bonds. The first-order valence-corrected chi connectivity index (χ1v) is 5.36. The molecule has 0 saturated heterocycles. The van der Waals surface area contributed by atoms with E-state index in [1.807, 2.05) is 0 Å². The average molecular weight is 279 g/mol. The predicted octanol–water partition coefficient (Wildman–Crippen LogP) is 2.97. The molecular formula is C12H17ClF2N2O. The maximum atomic E-state index is 12.4. The number of nitrogens with two attached hydrogens (primary N) is 1. The Morgan fingerprint density at radius 2 is 1.94 bits per heavy atom. The second-order valence-corrected chi connectivity index (χ2v) is 4.06. The van der Waals surface area contributed by atoms with Crippen LogP contribution in [-0.2, 0) is 4.79 Å². The molecule has 102 valence electrons. The Labute approximate surface area is 111 Å². The van der Waals surface area contributed by atoms with E-state index in [1.165, 1.54) is 18.2 Å². The molecule has 0 aliphatic heterocycles. The number of halogens is 3. The van der Waals surface area contributed by atoms with E-state index in [1.54, 1.807) is 19.9 Å². The van der Waals surface area contributed by atoms with Crippen molar-refractivity contribution >= 4 is 24.0 Å². The standard InChI is InChI=1S/C12H16F2N2O.ClH/c1-7(8(2)15)12(17)16-10-5-3-4-9(6-10)11(13)14;/h3-8,11H,15H2,1-2H3,(H,16,17);1H. The summed E-state index contributed by atoms with van der Waals surface area (Å²) >= 11 is 0. The first-order valence-electron chi connectivity index (χ1n) is 5.36. The molecule has 1 rings (SSSR count). The molecule has 0 radical (unpaired) electrons. The van der Waals surface area contributed by atoms with Crippen LogP contribution in [-0.4, -0.2) is 11.9 Å². The number of anilines is 1. The number of rotatable bonds is 4. The summed E-state index contributed by atoms with van der Waals surface area (Å²) in [5, 5.41) is 2.57. The minimum atomic E-state index is -2.54. The van der Waals surface area contributed by atoms with Gasteiger partial charge in [-0.15, -0.1) is 12.4 Å². The number of hydrogen-bond acceptors (Lipinski definition) is 2. The van der Waals surface area contributed by atoms with Crippen molar-refractivity contribution in [3.63, 3.8) is 0 Å². The monoisotopic (exact) mass is 278 g/mol. The van der Waals surface area contributed by atoms with Crippen molar-refractivity contribution in [1.82, 2.24) is 0 Å². The van der Waals surface area contributed by atoms with Gasteiger partial charge in [0.1, 0.15) is 0 Å². The SMILES string of the molecule is CC(N)C(C)C(=O)Nc1cccc(C(F)F)c1.Cl. The highest BCUT2D eigenvalue weighted by Gasteiger charge is 2.17. The summed E-state index contributed by atoms with van der Waals surface area (Å²) in [5.74, 6) is -0.642. The van der Waals surface area contributed by atoms with Gasteiger partial charge >= 0.3 is 0 Å². The highest BCUT2D eigenvalue weighted by Crippen LogP contribution is 2.22. The molecule has 1 aromatic carbocycles. The normalized spacial score (nSPS) is 13.7. The van der Waals surface area contributed by atoms with Crippen molar-refractivity contribution in [2.45, 2.75) is 26.3 Å². The Balaban J connectivity index is 0.00000289. The number of amides is 1. The van der Waals surface area contributed by atoms with E-state index in [9.17, 15) is 13.6 Å². The van der Waals surface area contributed by atoms with Gasteiger partial charge in [-0.1, -0.05) is 19.1 Å². The van der Waals surface area contributed by atoms with E-state index in [0.717, 1.165) is 0 Å². The van der Waals surface area contributed by atoms with Crippen LogP contribution in [0.15, 0.2) is 24.3 Å². The zero-order valence-corrected chi connectivity index (χ0v) is 11.0. The lowest BCUT2D eigenvalue weighted by Crippen LogP contribution is -2.34. The molecule has 0 bridgehead atoms. The first kappa shape index (κ1) is 16.8. The van der Waals surface area contributed by atoms with Gasteiger partial charge in [-0.3, -0.25) is 4.79 Å². The summed E-state index contributed by atoms with van der Waals surface area (Å²) in [6.45, 7) is 3.41. The van der Waals surface area contributed by atoms with Crippen LogP contribution in [0.1, 0.15) is 25.8 Å². The lowest BCUT2D eigenvalue weighted by molar-refractivity contribution is -0.119. The third-order valence-corrected chi connectivity index (χ3v) is 2.61. The highest BCUT2D eigenvalue weighted by atomic mass is 35.5. The van der Waals surface area contributed by atoms with Crippen LogP contribution >= 0.6 is 12.4 Å². The van der Waals surface area contributed by atoms with E-state index in [2.05, 4.69) is 5.32 Å². The lowest BCUT2D eigenvalue weighted by Gasteiger charge is -2.15. The molecule has 0 heterocycles. The van der Waals surface area contributed by atoms with Gasteiger partial charge < -0.3 is 11.1 Å². The molecule has 0 aromatic heterocycles. The molecule has 3 nitrogen and oxygen atoms in total. The second-order valence-electron chi connectivity index (χ2n) is 4.06. The fraction of sp³-hybridized carbons (Fsp3) is 0.417. The zero-order chi connectivity index (χ0) is 13.0. The predicted molar refractivity (Wildman–Crippen MR) is 70.1 cm³/mol. The summed E-state index contributed by atoms with van der Waals surface area (Å²) in [6, 6.07) is 5.34. The molecule has 0 spiro atoms. The summed E-state index contributed by atoms with van der Waals surface area (Å²) in [5.41, 5.74) is 5.83. The first-order chi connectivity index (χ1) is 7.91. The van der Waals surface area contributed by atoms with Crippen molar-refractivity contribution < 1.29 is 13.6 Å². The molecule has 2 unspecified atom stereocenters. The van der Waals surface area contributed by atoms with Gasteiger partial charge in [-0.2, -0.15) is 0 Å². The van der Waals surface area contributed by atoms with Gasteiger partial charge in [0.2, 0.25) is 5.91 Å². The summed E-state index contributed by atoms with van der Waals surface area (Å²) in [6.07, 6.45) is -2.54. The second kappa shape index (κ2) is 7.28. The number of nitrogens with one attached hydrogen (secondary N) is 1. The van der Waals surface area contributed by atoms with Crippen LogP contribution in [0.2, 0.25) is 0 Å². The molecule has 0 saturated carbocycles. The summed E-state index contributed by atoms with van der Waals surface area (Å²) in [4.78, 5) is 11.7. The number of benzene rings is 1. The van der Waals surface area contributed by atoms with E-state index >= 15 is 0 Å². The van der Waals surface area contributed by atoms with Gasteiger partial charge in [0.15, 0.2) is 0 Å². The van der Waals surface area contributed by atoms with E-state index in [4.69, 9.17) is 5.73 Å². The van der Waals surface area contributed by atoms with Gasteiger partial charge in [0, 0.05) is 17.3 Å². The molecule has 0 aliphatic carbocycles. The van der Waals surface area contributed by atoms with Gasteiger partial charge in [-0.25, -0.2) is 8.78 Å². The smallest absolute Gasteiger partial charge is 0.263 e. The number of alkyl halides is 2. The minimum absolute atomic E-state index is 0. The van der Waals surface area contributed by atoms with Crippen LogP contribution in [0.3, 0.4) is 0 Å². The fourth-order valence-electron chi connectivity index (χ4n) is 1.25. The molecule has 6 heteroatoms. The number of hydrogen-bond donors (Lipinski definition) is 2. The van der Waals surface area contributed by atoms with Gasteiger partial charge in [0.25, 0.3) is 6.43 Å². The van der Waals surface area contributed by atoms with E-state index in [0.29, 0.717) is 5.69 Å². The van der Waals surface area contributed by atoms with Crippen LogP contribution in [0, 0.1) is 5.92 Å². The minimum Gasteiger partial charge on any atom is -0.327 e. The van der Waals surface area contributed by atoms with Crippen LogP contribution in [0.4, 0.5) is 14.5 Å². The van der Waals surface area contributed by atoms with E-state index < -0.39 is 6.43 Å². The fourth-order valence-corrected chi connectivity index (χ4v) is 1.25. The van der Waals surface area contributed by atoms with Crippen molar-refractivity contribution in [3.8, 4) is 0 Å². The van der Waals surface area contributed by atoms with Gasteiger partial charge in [-0.05, 0) is 19.1 Å². The topological polar surface area (TPSA) is 55.1 Å². The summed E-state index contributed by atoms with van der Waals surface area (Å²) < 4.78 is 24.9. The molecule has 18 heavy (non-hydrogen) atoms. The number of carbonyl (C=O) groups is 1. The van der Waals surface area contributed by atoms with Crippen LogP contribution in [0.5, 0.6) is 0 Å². The van der Waals surface area contributed by atoms with Gasteiger partial charge in [0.05, 0.1) is 5.92 Å². The Morgan fingerprint density at radius 1 is 1.33 bits per heavy atom. The van der Waals surface area contributed by atoms with E-state index in [-0.39, 0.29) is 35.8 Å². The van der Waals surface area contributed by atoms with Crippen LogP contribution < -0.4 is 11.1 Å². The van der Waals surface area contributed by atoms with Crippen molar-refractivity contribution in [1.29, 1.82) is 0 Å².